The van der Waals surface area contributed by atoms with E-state index in [0.717, 1.165) is 12.0 Å². The topological polar surface area (TPSA) is 93.8 Å². The van der Waals surface area contributed by atoms with Crippen LogP contribution in [0, 0.1) is 0 Å². The SMILES string of the molecule is O=C(O)C1(n2nnnc2-c2ccncc2)CCC1. The molecule has 0 unspecified atom stereocenters. The smallest absolute Gasteiger partial charge is 0.331 e. The first kappa shape index (κ1) is 10.8. The molecule has 1 N–H and O–H groups in total. The first-order valence-corrected chi connectivity index (χ1v) is 5.67. The highest BCUT2D eigenvalue weighted by molar-refractivity contribution is 5.78. The van der Waals surface area contributed by atoms with Gasteiger partial charge >= 0.3 is 5.97 Å². The maximum absolute atomic E-state index is 11.5. The number of pyridine rings is 1. The van der Waals surface area contributed by atoms with Gasteiger partial charge in [0.15, 0.2) is 11.4 Å². The van der Waals surface area contributed by atoms with Crippen LogP contribution in [-0.2, 0) is 10.3 Å². The molecule has 0 atom stereocenters. The highest BCUT2D eigenvalue weighted by Gasteiger charge is 2.49. The molecular weight excluding hydrogens is 234 g/mol. The van der Waals surface area contributed by atoms with Gasteiger partial charge in [-0.15, -0.1) is 5.10 Å². The molecule has 2 heterocycles. The monoisotopic (exact) mass is 245 g/mol. The quantitative estimate of drug-likeness (QED) is 0.855. The van der Waals surface area contributed by atoms with Gasteiger partial charge in [-0.3, -0.25) is 4.98 Å². The molecule has 18 heavy (non-hydrogen) atoms. The number of carboxylic acids is 1. The molecule has 0 saturated heterocycles. The third kappa shape index (κ3) is 1.40. The summed E-state index contributed by atoms with van der Waals surface area (Å²) in [5, 5.41) is 20.8. The summed E-state index contributed by atoms with van der Waals surface area (Å²) < 4.78 is 1.42. The Hall–Kier alpha value is -2.31. The zero-order chi connectivity index (χ0) is 12.6. The van der Waals surface area contributed by atoms with Gasteiger partial charge in [0.2, 0.25) is 0 Å². The van der Waals surface area contributed by atoms with Crippen molar-refractivity contribution < 1.29 is 9.90 Å². The third-order valence-corrected chi connectivity index (χ3v) is 3.39. The molecule has 92 valence electrons. The van der Waals surface area contributed by atoms with Gasteiger partial charge < -0.3 is 5.11 Å². The van der Waals surface area contributed by atoms with Crippen molar-refractivity contribution in [2.75, 3.05) is 0 Å². The normalized spacial score (nSPS) is 17.1. The average Bonchev–Trinajstić information content (AvgIpc) is 2.77. The van der Waals surface area contributed by atoms with Crippen molar-refractivity contribution >= 4 is 5.97 Å². The number of carboxylic acid groups (broad SMARTS) is 1. The van der Waals surface area contributed by atoms with Crippen LogP contribution in [0.5, 0.6) is 0 Å². The summed E-state index contributed by atoms with van der Waals surface area (Å²) in [5.41, 5.74) is -0.218. The molecule has 0 aliphatic heterocycles. The lowest BCUT2D eigenvalue weighted by Gasteiger charge is -2.37. The second-order valence-corrected chi connectivity index (χ2v) is 4.34. The number of hydrogen-bond donors (Lipinski definition) is 1. The van der Waals surface area contributed by atoms with Gasteiger partial charge in [-0.25, -0.2) is 9.48 Å². The van der Waals surface area contributed by atoms with Crippen molar-refractivity contribution in [1.82, 2.24) is 25.2 Å². The molecule has 0 amide bonds. The van der Waals surface area contributed by atoms with Crippen molar-refractivity contribution in [2.45, 2.75) is 24.8 Å². The van der Waals surface area contributed by atoms with E-state index in [4.69, 9.17) is 0 Å². The van der Waals surface area contributed by atoms with Crippen LogP contribution in [0.15, 0.2) is 24.5 Å². The number of carbonyl (C=O) groups is 1. The number of rotatable bonds is 3. The van der Waals surface area contributed by atoms with Crippen LogP contribution in [0.25, 0.3) is 11.4 Å². The Balaban J connectivity index is 2.10. The van der Waals surface area contributed by atoms with Crippen LogP contribution in [0.2, 0.25) is 0 Å². The molecule has 2 aromatic heterocycles. The predicted octanol–water partition coefficient (Wildman–Crippen LogP) is 0.699. The highest BCUT2D eigenvalue weighted by atomic mass is 16.4. The largest absolute Gasteiger partial charge is 0.479 e. The lowest BCUT2D eigenvalue weighted by atomic mass is 9.76. The highest BCUT2D eigenvalue weighted by Crippen LogP contribution is 2.40. The van der Waals surface area contributed by atoms with Crippen LogP contribution in [0.4, 0.5) is 0 Å². The molecule has 1 saturated carbocycles. The summed E-state index contributed by atoms with van der Waals surface area (Å²) in [4.78, 5) is 15.4. The van der Waals surface area contributed by atoms with Crippen molar-refractivity contribution in [1.29, 1.82) is 0 Å². The van der Waals surface area contributed by atoms with Crippen LogP contribution >= 0.6 is 0 Å². The fourth-order valence-electron chi connectivity index (χ4n) is 2.18. The van der Waals surface area contributed by atoms with E-state index in [1.807, 2.05) is 0 Å². The molecule has 7 heteroatoms. The minimum atomic E-state index is -0.984. The van der Waals surface area contributed by atoms with E-state index in [1.165, 1.54) is 4.68 Å². The Morgan fingerprint density at radius 3 is 2.61 bits per heavy atom. The van der Waals surface area contributed by atoms with Crippen LogP contribution in [0.1, 0.15) is 19.3 Å². The van der Waals surface area contributed by atoms with Crippen LogP contribution in [0.3, 0.4) is 0 Å². The molecule has 1 aliphatic rings. The molecule has 1 fully saturated rings. The van der Waals surface area contributed by atoms with Gasteiger partial charge in [0, 0.05) is 18.0 Å². The Morgan fingerprint density at radius 1 is 1.33 bits per heavy atom. The zero-order valence-electron chi connectivity index (χ0n) is 9.52. The number of aromatic nitrogens is 5. The van der Waals surface area contributed by atoms with Gasteiger partial charge in [0.05, 0.1) is 0 Å². The van der Waals surface area contributed by atoms with Crippen molar-refractivity contribution in [3.63, 3.8) is 0 Å². The summed E-state index contributed by atoms with van der Waals surface area (Å²) in [7, 11) is 0. The average molecular weight is 245 g/mol. The second-order valence-electron chi connectivity index (χ2n) is 4.34. The maximum atomic E-state index is 11.5. The van der Waals surface area contributed by atoms with E-state index in [-0.39, 0.29) is 0 Å². The summed E-state index contributed by atoms with van der Waals surface area (Å²) in [6.07, 6.45) is 5.25. The van der Waals surface area contributed by atoms with Gasteiger partial charge in [-0.2, -0.15) is 0 Å². The summed E-state index contributed by atoms with van der Waals surface area (Å²) >= 11 is 0. The van der Waals surface area contributed by atoms with Crippen LogP contribution < -0.4 is 0 Å². The maximum Gasteiger partial charge on any atom is 0.331 e. The lowest BCUT2D eigenvalue weighted by molar-refractivity contribution is -0.153. The van der Waals surface area contributed by atoms with E-state index in [1.54, 1.807) is 24.5 Å². The Kier molecular flexibility index (Phi) is 2.32. The van der Waals surface area contributed by atoms with E-state index in [0.29, 0.717) is 18.7 Å². The van der Waals surface area contributed by atoms with Gasteiger partial charge in [0.25, 0.3) is 0 Å². The van der Waals surface area contributed by atoms with Crippen molar-refractivity contribution in [3.05, 3.63) is 24.5 Å². The molecule has 0 aromatic carbocycles. The minimum absolute atomic E-state index is 0.472. The molecule has 2 aromatic rings. The molecule has 0 radical (unpaired) electrons. The number of aliphatic carboxylic acids is 1. The zero-order valence-corrected chi connectivity index (χ0v) is 9.52. The van der Waals surface area contributed by atoms with E-state index < -0.39 is 11.5 Å². The Labute approximate surface area is 102 Å². The van der Waals surface area contributed by atoms with E-state index in [2.05, 4.69) is 20.5 Å². The molecule has 0 bridgehead atoms. The minimum Gasteiger partial charge on any atom is -0.479 e. The number of hydrogen-bond acceptors (Lipinski definition) is 5. The lowest BCUT2D eigenvalue weighted by Crippen LogP contribution is -2.48. The summed E-state index contributed by atoms with van der Waals surface area (Å²) in [6.45, 7) is 0. The Bertz CT molecular complexity index is 576. The number of tetrazole rings is 1. The fraction of sp³-hybridized carbons (Fsp3) is 0.364. The summed E-state index contributed by atoms with van der Waals surface area (Å²) in [5.74, 6) is -0.407. The van der Waals surface area contributed by atoms with E-state index in [9.17, 15) is 9.90 Å². The third-order valence-electron chi connectivity index (χ3n) is 3.39. The fourth-order valence-corrected chi connectivity index (χ4v) is 2.18. The van der Waals surface area contributed by atoms with Crippen molar-refractivity contribution in [3.8, 4) is 11.4 Å². The Morgan fingerprint density at radius 2 is 2.06 bits per heavy atom. The molecule has 7 nitrogen and oxygen atoms in total. The molecule has 0 spiro atoms. The number of nitrogens with zero attached hydrogens (tertiary/aromatic N) is 5. The van der Waals surface area contributed by atoms with E-state index >= 15 is 0 Å². The molecule has 3 rings (SSSR count). The molecular formula is C11H11N5O2. The molecule has 1 aliphatic carbocycles. The van der Waals surface area contributed by atoms with Crippen molar-refractivity contribution in [2.24, 2.45) is 0 Å². The van der Waals surface area contributed by atoms with Gasteiger partial charge in [0.1, 0.15) is 0 Å². The first-order valence-electron chi connectivity index (χ1n) is 5.67. The van der Waals surface area contributed by atoms with Crippen LogP contribution in [-0.4, -0.2) is 36.3 Å². The predicted molar refractivity (Wildman–Crippen MR) is 60.5 cm³/mol. The second kappa shape index (κ2) is 3.86. The van der Waals surface area contributed by atoms with Gasteiger partial charge in [-0.1, -0.05) is 0 Å². The first-order chi connectivity index (χ1) is 8.74. The standard InChI is InChI=1S/C11H11N5O2/c17-10(18)11(4-1-5-11)16-9(13-14-15-16)8-2-6-12-7-3-8/h2-3,6-7H,1,4-5H2,(H,17,18). The van der Waals surface area contributed by atoms with Gasteiger partial charge in [-0.05, 0) is 41.8 Å². The summed E-state index contributed by atoms with van der Waals surface area (Å²) in [6, 6.07) is 3.52.